The summed E-state index contributed by atoms with van der Waals surface area (Å²) in [6.45, 7) is 3.23. The molecule has 2 aromatic rings. The Morgan fingerprint density at radius 3 is 2.86 bits per heavy atom. The summed E-state index contributed by atoms with van der Waals surface area (Å²) < 4.78 is 1.85. The van der Waals surface area contributed by atoms with E-state index in [0.29, 0.717) is 6.04 Å². The van der Waals surface area contributed by atoms with E-state index in [1.807, 2.05) is 47.9 Å². The first-order valence-corrected chi connectivity index (χ1v) is 8.63. The van der Waals surface area contributed by atoms with E-state index in [9.17, 15) is 0 Å². The SMILES string of the molecule is CCCNC(CSc1ccccc1Cl)Cc1cnn(C)c1. The largest absolute Gasteiger partial charge is 0.313 e. The van der Waals surface area contributed by atoms with Crippen LogP contribution in [-0.4, -0.2) is 28.1 Å². The molecule has 1 N–H and O–H groups in total. The van der Waals surface area contributed by atoms with Crippen LogP contribution in [0.25, 0.3) is 0 Å². The molecule has 1 atom stereocenters. The first-order chi connectivity index (χ1) is 10.2. The van der Waals surface area contributed by atoms with Gasteiger partial charge in [0.1, 0.15) is 0 Å². The number of nitrogens with one attached hydrogen (secondary N) is 1. The van der Waals surface area contributed by atoms with Crippen LogP contribution < -0.4 is 5.32 Å². The fraction of sp³-hybridized carbons (Fsp3) is 0.438. The molecule has 0 fully saturated rings. The second-order valence-corrected chi connectivity index (χ2v) is 6.59. The van der Waals surface area contributed by atoms with Crippen molar-refractivity contribution in [3.05, 3.63) is 47.2 Å². The first-order valence-electron chi connectivity index (χ1n) is 7.27. The molecule has 0 saturated carbocycles. The van der Waals surface area contributed by atoms with Crippen molar-refractivity contribution < 1.29 is 0 Å². The van der Waals surface area contributed by atoms with Crippen LogP contribution in [0, 0.1) is 0 Å². The lowest BCUT2D eigenvalue weighted by Gasteiger charge is -2.17. The second kappa shape index (κ2) is 8.47. The maximum atomic E-state index is 6.22. The van der Waals surface area contributed by atoms with E-state index in [0.717, 1.165) is 35.1 Å². The van der Waals surface area contributed by atoms with Crippen LogP contribution in [0.15, 0.2) is 41.6 Å². The minimum absolute atomic E-state index is 0.426. The minimum atomic E-state index is 0.426. The molecular formula is C16H22ClN3S. The van der Waals surface area contributed by atoms with Crippen LogP contribution in [0.1, 0.15) is 18.9 Å². The molecule has 5 heteroatoms. The van der Waals surface area contributed by atoms with Gasteiger partial charge in [0.2, 0.25) is 0 Å². The van der Waals surface area contributed by atoms with Gasteiger partial charge in [-0.2, -0.15) is 5.10 Å². The van der Waals surface area contributed by atoms with Crippen LogP contribution in [0.2, 0.25) is 5.02 Å². The van der Waals surface area contributed by atoms with Gasteiger partial charge in [-0.05, 0) is 37.1 Å². The molecule has 0 bridgehead atoms. The van der Waals surface area contributed by atoms with E-state index < -0.39 is 0 Å². The van der Waals surface area contributed by atoms with Crippen molar-refractivity contribution in [1.29, 1.82) is 0 Å². The highest BCUT2D eigenvalue weighted by molar-refractivity contribution is 7.99. The normalized spacial score (nSPS) is 12.5. The van der Waals surface area contributed by atoms with Gasteiger partial charge in [0.25, 0.3) is 0 Å². The summed E-state index contributed by atoms with van der Waals surface area (Å²) in [5.74, 6) is 0.999. The average molecular weight is 324 g/mol. The third kappa shape index (κ3) is 5.38. The Bertz CT molecular complexity index is 556. The number of halogens is 1. The molecule has 1 heterocycles. The van der Waals surface area contributed by atoms with E-state index in [1.54, 1.807) is 0 Å². The molecule has 1 aromatic heterocycles. The fourth-order valence-corrected chi connectivity index (χ4v) is 3.45. The van der Waals surface area contributed by atoms with Gasteiger partial charge in [0.15, 0.2) is 0 Å². The van der Waals surface area contributed by atoms with E-state index in [1.165, 1.54) is 5.56 Å². The molecule has 21 heavy (non-hydrogen) atoms. The zero-order chi connectivity index (χ0) is 15.1. The molecule has 0 amide bonds. The zero-order valence-corrected chi connectivity index (χ0v) is 14.1. The topological polar surface area (TPSA) is 29.9 Å². The molecule has 0 aliphatic rings. The quantitative estimate of drug-likeness (QED) is 0.750. The van der Waals surface area contributed by atoms with Crippen molar-refractivity contribution in [1.82, 2.24) is 15.1 Å². The number of hydrogen-bond donors (Lipinski definition) is 1. The predicted molar refractivity (Wildman–Crippen MR) is 91.2 cm³/mol. The van der Waals surface area contributed by atoms with E-state index in [4.69, 9.17) is 11.6 Å². The number of aromatic nitrogens is 2. The monoisotopic (exact) mass is 323 g/mol. The predicted octanol–water partition coefficient (Wildman–Crippen LogP) is 3.78. The molecule has 1 aromatic carbocycles. The van der Waals surface area contributed by atoms with Crippen molar-refractivity contribution in [3.63, 3.8) is 0 Å². The van der Waals surface area contributed by atoms with Gasteiger partial charge in [0.05, 0.1) is 11.2 Å². The number of benzene rings is 1. The van der Waals surface area contributed by atoms with E-state index in [2.05, 4.69) is 29.6 Å². The number of thioether (sulfide) groups is 1. The van der Waals surface area contributed by atoms with Crippen LogP contribution in [0.3, 0.4) is 0 Å². The molecular weight excluding hydrogens is 302 g/mol. The van der Waals surface area contributed by atoms with Crippen LogP contribution >= 0.6 is 23.4 Å². The van der Waals surface area contributed by atoms with Crippen molar-refractivity contribution in [2.45, 2.75) is 30.7 Å². The highest BCUT2D eigenvalue weighted by Gasteiger charge is 2.11. The van der Waals surface area contributed by atoms with Gasteiger partial charge in [-0.25, -0.2) is 0 Å². The molecule has 3 nitrogen and oxygen atoms in total. The Hall–Kier alpha value is -0.970. The van der Waals surface area contributed by atoms with Crippen LogP contribution in [0.5, 0.6) is 0 Å². The Morgan fingerprint density at radius 2 is 2.19 bits per heavy atom. The maximum Gasteiger partial charge on any atom is 0.0541 e. The summed E-state index contributed by atoms with van der Waals surface area (Å²) in [5, 5.41) is 8.69. The third-order valence-corrected chi connectivity index (χ3v) is 4.88. The van der Waals surface area contributed by atoms with Gasteiger partial charge < -0.3 is 5.32 Å². The molecule has 0 aliphatic heterocycles. The third-order valence-electron chi connectivity index (χ3n) is 3.20. The van der Waals surface area contributed by atoms with Gasteiger partial charge in [0, 0.05) is 29.9 Å². The van der Waals surface area contributed by atoms with E-state index >= 15 is 0 Å². The molecule has 0 spiro atoms. The number of hydrogen-bond acceptors (Lipinski definition) is 3. The molecule has 0 saturated heterocycles. The molecule has 2 rings (SSSR count). The van der Waals surface area contributed by atoms with Gasteiger partial charge in [-0.1, -0.05) is 30.7 Å². The summed E-state index contributed by atoms with van der Waals surface area (Å²) >= 11 is 8.03. The highest BCUT2D eigenvalue weighted by atomic mass is 35.5. The van der Waals surface area contributed by atoms with Crippen molar-refractivity contribution in [2.75, 3.05) is 12.3 Å². The Kier molecular flexibility index (Phi) is 6.61. The van der Waals surface area contributed by atoms with Crippen molar-refractivity contribution >= 4 is 23.4 Å². The summed E-state index contributed by atoms with van der Waals surface area (Å²) in [5.41, 5.74) is 1.27. The summed E-state index contributed by atoms with van der Waals surface area (Å²) in [4.78, 5) is 1.15. The number of rotatable bonds is 8. The van der Waals surface area contributed by atoms with Crippen molar-refractivity contribution in [3.8, 4) is 0 Å². The van der Waals surface area contributed by atoms with Crippen LogP contribution in [0.4, 0.5) is 0 Å². The standard InChI is InChI=1S/C16H22ClN3S/c1-3-8-18-14(9-13-10-19-20(2)11-13)12-21-16-7-5-4-6-15(16)17/h4-7,10-11,14,18H,3,8-9,12H2,1-2H3. The fourth-order valence-electron chi connectivity index (χ4n) is 2.15. The first kappa shape index (κ1) is 16.4. The molecule has 1 unspecified atom stereocenters. The Balaban J connectivity index is 1.94. The van der Waals surface area contributed by atoms with Gasteiger partial charge >= 0.3 is 0 Å². The number of nitrogens with zero attached hydrogens (tertiary/aromatic N) is 2. The maximum absolute atomic E-state index is 6.22. The van der Waals surface area contributed by atoms with E-state index in [-0.39, 0.29) is 0 Å². The van der Waals surface area contributed by atoms with Crippen molar-refractivity contribution in [2.24, 2.45) is 7.05 Å². The molecule has 114 valence electrons. The lowest BCUT2D eigenvalue weighted by atomic mass is 10.1. The summed E-state index contributed by atoms with van der Waals surface area (Å²) in [6, 6.07) is 8.45. The minimum Gasteiger partial charge on any atom is -0.313 e. The average Bonchev–Trinajstić information content (AvgIpc) is 2.88. The summed E-state index contributed by atoms with van der Waals surface area (Å²) in [7, 11) is 1.95. The Labute approximate surface area is 136 Å². The highest BCUT2D eigenvalue weighted by Crippen LogP contribution is 2.27. The smallest absolute Gasteiger partial charge is 0.0541 e. The lowest BCUT2D eigenvalue weighted by molar-refractivity contribution is 0.550. The summed E-state index contributed by atoms with van der Waals surface area (Å²) in [6.07, 6.45) is 6.16. The van der Waals surface area contributed by atoms with Crippen LogP contribution in [-0.2, 0) is 13.5 Å². The second-order valence-electron chi connectivity index (χ2n) is 5.12. The molecule has 0 radical (unpaired) electrons. The Morgan fingerprint density at radius 1 is 1.38 bits per heavy atom. The lowest BCUT2D eigenvalue weighted by Crippen LogP contribution is -2.33. The zero-order valence-electron chi connectivity index (χ0n) is 12.6. The van der Waals surface area contributed by atoms with Gasteiger partial charge in [-0.15, -0.1) is 11.8 Å². The van der Waals surface area contributed by atoms with Gasteiger partial charge in [-0.3, -0.25) is 4.68 Å². The molecule has 0 aliphatic carbocycles. The number of aryl methyl sites for hydroxylation is 1.